The zero-order valence-corrected chi connectivity index (χ0v) is 12.6. The summed E-state index contributed by atoms with van der Waals surface area (Å²) in [4.78, 5) is 18.2. The van der Waals surface area contributed by atoms with Gasteiger partial charge in [-0.15, -0.1) is 0 Å². The summed E-state index contributed by atoms with van der Waals surface area (Å²) in [5, 5.41) is 12.6. The predicted molar refractivity (Wildman–Crippen MR) is 84.5 cm³/mol. The molecular weight excluding hydrogens is 280 g/mol. The van der Waals surface area contributed by atoms with Crippen LogP contribution in [0.15, 0.2) is 36.7 Å². The molecule has 1 unspecified atom stereocenters. The van der Waals surface area contributed by atoms with Crippen molar-refractivity contribution in [2.24, 2.45) is 7.05 Å². The minimum absolute atomic E-state index is 0.171. The molecule has 22 heavy (non-hydrogen) atoms. The molecule has 1 saturated heterocycles. The molecule has 0 radical (unpaired) electrons. The molecule has 3 rings (SSSR count). The number of nitrogens with zero attached hydrogens (tertiary/aromatic N) is 3. The molecule has 1 atom stereocenters. The van der Waals surface area contributed by atoms with Crippen LogP contribution in [-0.4, -0.2) is 44.8 Å². The fourth-order valence-electron chi connectivity index (χ4n) is 2.72. The lowest BCUT2D eigenvalue weighted by atomic mass is 10.1. The normalized spacial score (nSPS) is 18.3. The van der Waals surface area contributed by atoms with Crippen molar-refractivity contribution in [3.8, 4) is 11.4 Å². The zero-order valence-electron chi connectivity index (χ0n) is 12.6. The molecule has 6 nitrogen and oxygen atoms in total. The molecule has 0 aliphatic carbocycles. The van der Waals surface area contributed by atoms with Crippen molar-refractivity contribution < 1.29 is 9.90 Å². The van der Waals surface area contributed by atoms with Crippen LogP contribution in [0.1, 0.15) is 12.8 Å². The lowest BCUT2D eigenvalue weighted by Crippen LogP contribution is -2.44. The molecule has 2 aromatic rings. The molecular formula is C16H20N4O2. The van der Waals surface area contributed by atoms with Crippen molar-refractivity contribution in [2.75, 3.05) is 18.4 Å². The van der Waals surface area contributed by atoms with E-state index in [1.165, 1.54) is 0 Å². The standard InChI is InChI=1S/C16H20N4O2/c1-19-9-7-17-15(19)12-4-2-5-13(10-12)18-16(22)20-8-3-6-14(21)11-20/h2,4-5,7,9-10,14,21H,3,6,8,11H2,1H3,(H,18,22). The summed E-state index contributed by atoms with van der Waals surface area (Å²) in [5.74, 6) is 0.851. The Kier molecular flexibility index (Phi) is 4.11. The fraction of sp³-hybridized carbons (Fsp3) is 0.375. The van der Waals surface area contributed by atoms with Crippen LogP contribution in [0.3, 0.4) is 0 Å². The predicted octanol–water partition coefficient (Wildman–Crippen LogP) is 2.08. The van der Waals surface area contributed by atoms with Gasteiger partial charge in [0.15, 0.2) is 0 Å². The zero-order chi connectivity index (χ0) is 15.5. The number of β-amino-alcohol motifs (C(OH)–C–C–N with tert-alkyl or cyclic N) is 1. The Hall–Kier alpha value is -2.34. The third kappa shape index (κ3) is 3.12. The Bertz CT molecular complexity index is 668. The molecule has 0 saturated carbocycles. The molecule has 1 fully saturated rings. The fourth-order valence-corrected chi connectivity index (χ4v) is 2.72. The van der Waals surface area contributed by atoms with Crippen molar-refractivity contribution >= 4 is 11.7 Å². The lowest BCUT2D eigenvalue weighted by molar-refractivity contribution is 0.0883. The number of likely N-dealkylation sites (tertiary alicyclic amines) is 1. The number of benzene rings is 1. The first-order valence-corrected chi connectivity index (χ1v) is 7.45. The minimum atomic E-state index is -0.418. The van der Waals surface area contributed by atoms with E-state index in [0.29, 0.717) is 13.1 Å². The second-order valence-electron chi connectivity index (χ2n) is 5.61. The van der Waals surface area contributed by atoms with Gasteiger partial charge >= 0.3 is 6.03 Å². The molecule has 2 N–H and O–H groups in total. The van der Waals surface area contributed by atoms with E-state index >= 15 is 0 Å². The highest BCUT2D eigenvalue weighted by Gasteiger charge is 2.22. The molecule has 1 aliphatic rings. The maximum Gasteiger partial charge on any atom is 0.321 e. The smallest absolute Gasteiger partial charge is 0.321 e. The largest absolute Gasteiger partial charge is 0.391 e. The summed E-state index contributed by atoms with van der Waals surface area (Å²) in [6.45, 7) is 1.08. The van der Waals surface area contributed by atoms with E-state index in [1.807, 2.05) is 42.1 Å². The van der Waals surface area contributed by atoms with E-state index in [9.17, 15) is 9.90 Å². The summed E-state index contributed by atoms with van der Waals surface area (Å²) in [7, 11) is 1.93. The van der Waals surface area contributed by atoms with E-state index in [-0.39, 0.29) is 6.03 Å². The van der Waals surface area contributed by atoms with Crippen molar-refractivity contribution in [3.05, 3.63) is 36.7 Å². The number of aryl methyl sites for hydroxylation is 1. The van der Waals surface area contributed by atoms with Gasteiger partial charge in [-0.1, -0.05) is 12.1 Å². The third-order valence-corrected chi connectivity index (χ3v) is 3.88. The van der Waals surface area contributed by atoms with Crippen LogP contribution in [0.2, 0.25) is 0 Å². The summed E-state index contributed by atoms with van der Waals surface area (Å²) < 4.78 is 1.93. The lowest BCUT2D eigenvalue weighted by Gasteiger charge is -2.30. The Balaban J connectivity index is 1.73. The number of aromatic nitrogens is 2. The van der Waals surface area contributed by atoms with E-state index < -0.39 is 6.10 Å². The number of amides is 2. The number of hydrogen-bond donors (Lipinski definition) is 2. The van der Waals surface area contributed by atoms with Gasteiger partial charge in [0.2, 0.25) is 0 Å². The molecule has 1 aromatic carbocycles. The summed E-state index contributed by atoms with van der Waals surface area (Å²) in [6, 6.07) is 7.44. The monoisotopic (exact) mass is 300 g/mol. The van der Waals surface area contributed by atoms with Gasteiger partial charge in [0, 0.05) is 43.8 Å². The number of imidazole rings is 1. The van der Waals surface area contributed by atoms with Crippen LogP contribution >= 0.6 is 0 Å². The second-order valence-corrected chi connectivity index (χ2v) is 5.61. The third-order valence-electron chi connectivity index (χ3n) is 3.88. The van der Waals surface area contributed by atoms with Crippen LogP contribution in [0.5, 0.6) is 0 Å². The molecule has 2 amide bonds. The number of carbonyl (C=O) groups excluding carboxylic acids is 1. The van der Waals surface area contributed by atoms with Gasteiger partial charge in [-0.25, -0.2) is 9.78 Å². The van der Waals surface area contributed by atoms with E-state index in [4.69, 9.17) is 0 Å². The highest BCUT2D eigenvalue weighted by Crippen LogP contribution is 2.21. The van der Waals surface area contributed by atoms with Crippen LogP contribution in [0, 0.1) is 0 Å². The van der Waals surface area contributed by atoms with Gasteiger partial charge in [0.05, 0.1) is 6.10 Å². The Labute approximate surface area is 129 Å². The topological polar surface area (TPSA) is 70.4 Å². The number of nitrogens with one attached hydrogen (secondary N) is 1. The van der Waals surface area contributed by atoms with Gasteiger partial charge in [0.25, 0.3) is 0 Å². The minimum Gasteiger partial charge on any atom is -0.391 e. The van der Waals surface area contributed by atoms with Gasteiger partial charge in [-0.2, -0.15) is 0 Å². The molecule has 1 aliphatic heterocycles. The molecule has 6 heteroatoms. The maximum absolute atomic E-state index is 12.3. The average molecular weight is 300 g/mol. The first kappa shape index (κ1) is 14.6. The first-order chi connectivity index (χ1) is 10.6. The van der Waals surface area contributed by atoms with Gasteiger partial charge in [-0.05, 0) is 25.0 Å². The highest BCUT2D eigenvalue weighted by atomic mass is 16.3. The van der Waals surface area contributed by atoms with Crippen molar-refractivity contribution in [1.29, 1.82) is 0 Å². The summed E-state index contributed by atoms with van der Waals surface area (Å²) >= 11 is 0. The number of carbonyl (C=O) groups is 1. The van der Waals surface area contributed by atoms with Crippen LogP contribution in [0.25, 0.3) is 11.4 Å². The van der Waals surface area contributed by atoms with Gasteiger partial charge in [0.1, 0.15) is 5.82 Å². The highest BCUT2D eigenvalue weighted by molar-refractivity contribution is 5.90. The Morgan fingerprint density at radius 2 is 2.32 bits per heavy atom. The average Bonchev–Trinajstić information content (AvgIpc) is 2.94. The Morgan fingerprint density at radius 3 is 3.05 bits per heavy atom. The van der Waals surface area contributed by atoms with Crippen LogP contribution < -0.4 is 5.32 Å². The number of rotatable bonds is 2. The number of anilines is 1. The van der Waals surface area contributed by atoms with Gasteiger partial charge < -0.3 is 19.9 Å². The van der Waals surface area contributed by atoms with E-state index in [1.54, 1.807) is 11.1 Å². The number of aliphatic hydroxyl groups excluding tert-OH is 1. The second kappa shape index (κ2) is 6.19. The molecule has 1 aromatic heterocycles. The van der Waals surface area contributed by atoms with Crippen LogP contribution in [0.4, 0.5) is 10.5 Å². The molecule has 0 bridgehead atoms. The maximum atomic E-state index is 12.3. The van der Waals surface area contributed by atoms with Crippen LogP contribution in [-0.2, 0) is 7.05 Å². The van der Waals surface area contributed by atoms with E-state index in [0.717, 1.165) is 29.9 Å². The van der Waals surface area contributed by atoms with Crippen molar-refractivity contribution in [3.63, 3.8) is 0 Å². The Morgan fingerprint density at radius 1 is 1.45 bits per heavy atom. The SMILES string of the molecule is Cn1ccnc1-c1cccc(NC(=O)N2CCCC(O)C2)c1. The summed E-state index contributed by atoms with van der Waals surface area (Å²) in [5.41, 5.74) is 1.68. The first-order valence-electron chi connectivity index (χ1n) is 7.45. The quantitative estimate of drug-likeness (QED) is 0.892. The number of hydrogen-bond acceptors (Lipinski definition) is 3. The molecule has 0 spiro atoms. The molecule has 2 heterocycles. The van der Waals surface area contributed by atoms with Crippen molar-refractivity contribution in [1.82, 2.24) is 14.5 Å². The van der Waals surface area contributed by atoms with Crippen molar-refractivity contribution in [2.45, 2.75) is 18.9 Å². The summed E-state index contributed by atoms with van der Waals surface area (Å²) in [6.07, 6.45) is 4.81. The number of aliphatic hydroxyl groups is 1. The molecule has 116 valence electrons. The van der Waals surface area contributed by atoms with E-state index in [2.05, 4.69) is 10.3 Å². The number of urea groups is 1. The number of piperidine rings is 1. The van der Waals surface area contributed by atoms with Gasteiger partial charge in [-0.3, -0.25) is 0 Å².